The van der Waals surface area contributed by atoms with Gasteiger partial charge < -0.3 is 4.42 Å². The number of rotatable bonds is 2. The van der Waals surface area contributed by atoms with Crippen molar-refractivity contribution in [1.29, 1.82) is 0 Å². The summed E-state index contributed by atoms with van der Waals surface area (Å²) in [6.45, 7) is 0. The maximum absolute atomic E-state index is 10.9. The molecule has 0 amide bonds. The van der Waals surface area contributed by atoms with Gasteiger partial charge in [0.15, 0.2) is 0 Å². The highest BCUT2D eigenvalue weighted by Crippen LogP contribution is 2.22. The predicted octanol–water partition coefficient (Wildman–Crippen LogP) is 2.70. The van der Waals surface area contributed by atoms with E-state index in [-0.39, 0.29) is 0 Å². The van der Waals surface area contributed by atoms with Crippen molar-refractivity contribution in [1.82, 2.24) is 10.2 Å². The van der Waals surface area contributed by atoms with Gasteiger partial charge in [0.2, 0.25) is 5.89 Å². The van der Waals surface area contributed by atoms with Crippen LogP contribution in [0.5, 0.6) is 0 Å². The highest BCUT2D eigenvalue weighted by molar-refractivity contribution is 5.66. The van der Waals surface area contributed by atoms with E-state index < -0.39 is 5.76 Å². The van der Waals surface area contributed by atoms with Crippen LogP contribution in [0.15, 0.2) is 63.8 Å². The van der Waals surface area contributed by atoms with Gasteiger partial charge in [-0.1, -0.05) is 42.5 Å². The number of hydrogen-bond donors (Lipinski definition) is 1. The van der Waals surface area contributed by atoms with Gasteiger partial charge in [-0.15, -0.1) is 5.10 Å². The Kier molecular flexibility index (Phi) is 2.53. The summed E-state index contributed by atoms with van der Waals surface area (Å²) in [4.78, 5) is 10.9. The van der Waals surface area contributed by atoms with E-state index in [1.54, 1.807) is 0 Å². The van der Waals surface area contributed by atoms with Crippen LogP contribution in [0.3, 0.4) is 0 Å². The van der Waals surface area contributed by atoms with Crippen LogP contribution in [-0.2, 0) is 0 Å². The van der Waals surface area contributed by atoms with Gasteiger partial charge in [-0.25, -0.2) is 9.89 Å². The van der Waals surface area contributed by atoms with E-state index in [1.165, 1.54) is 0 Å². The lowest BCUT2D eigenvalue weighted by Gasteiger charge is -2.01. The number of hydrogen-bond acceptors (Lipinski definition) is 3. The van der Waals surface area contributed by atoms with E-state index >= 15 is 0 Å². The molecule has 0 aliphatic carbocycles. The summed E-state index contributed by atoms with van der Waals surface area (Å²) in [6.07, 6.45) is 0. The second-order valence-corrected chi connectivity index (χ2v) is 3.86. The number of H-pyrrole nitrogens is 1. The van der Waals surface area contributed by atoms with Crippen LogP contribution in [0.2, 0.25) is 0 Å². The van der Waals surface area contributed by atoms with E-state index in [9.17, 15) is 4.79 Å². The molecule has 0 saturated heterocycles. The van der Waals surface area contributed by atoms with Gasteiger partial charge in [0.1, 0.15) is 0 Å². The van der Waals surface area contributed by atoms with Crippen molar-refractivity contribution in [3.63, 3.8) is 0 Å². The molecule has 0 saturated carbocycles. The Balaban J connectivity index is 1.97. The molecule has 4 nitrogen and oxygen atoms in total. The normalized spacial score (nSPS) is 10.4. The van der Waals surface area contributed by atoms with E-state index in [2.05, 4.69) is 10.2 Å². The predicted molar refractivity (Wildman–Crippen MR) is 68.0 cm³/mol. The third kappa shape index (κ3) is 1.96. The molecule has 4 heteroatoms. The van der Waals surface area contributed by atoms with Crippen LogP contribution in [0.25, 0.3) is 22.6 Å². The molecule has 0 radical (unpaired) electrons. The smallest absolute Gasteiger partial charge is 0.388 e. The molecular formula is C14H10N2O2. The summed E-state index contributed by atoms with van der Waals surface area (Å²) in [5.41, 5.74) is 3.03. The van der Waals surface area contributed by atoms with Gasteiger partial charge in [0, 0.05) is 5.56 Å². The molecule has 2 aromatic carbocycles. The molecular weight excluding hydrogens is 228 g/mol. The minimum atomic E-state index is -0.544. The Morgan fingerprint density at radius 3 is 2.06 bits per heavy atom. The standard InChI is InChI=1S/C14H10N2O2/c17-14-16-15-13(18-14)12-8-6-11(7-9-12)10-4-2-1-3-5-10/h1-9H,(H,16,17). The van der Waals surface area contributed by atoms with Crippen molar-refractivity contribution in [3.05, 3.63) is 65.1 Å². The van der Waals surface area contributed by atoms with Crippen molar-refractivity contribution in [2.45, 2.75) is 0 Å². The molecule has 1 N–H and O–H groups in total. The van der Waals surface area contributed by atoms with Crippen LogP contribution >= 0.6 is 0 Å². The number of nitrogens with one attached hydrogen (secondary N) is 1. The lowest BCUT2D eigenvalue weighted by Crippen LogP contribution is -1.93. The SMILES string of the molecule is O=c1[nH]nc(-c2ccc(-c3ccccc3)cc2)o1. The molecule has 0 atom stereocenters. The van der Waals surface area contributed by atoms with Gasteiger partial charge >= 0.3 is 5.76 Å². The molecule has 3 aromatic rings. The molecule has 0 unspecified atom stereocenters. The highest BCUT2D eigenvalue weighted by atomic mass is 16.4. The quantitative estimate of drug-likeness (QED) is 0.746. The summed E-state index contributed by atoms with van der Waals surface area (Å²) in [7, 11) is 0. The van der Waals surface area contributed by atoms with Gasteiger partial charge in [0.05, 0.1) is 0 Å². The first-order valence-electron chi connectivity index (χ1n) is 5.54. The topological polar surface area (TPSA) is 58.9 Å². The van der Waals surface area contributed by atoms with Gasteiger partial charge in [-0.3, -0.25) is 0 Å². The minimum absolute atomic E-state index is 0.305. The molecule has 0 fully saturated rings. The molecule has 1 aromatic heterocycles. The Morgan fingerprint density at radius 1 is 0.833 bits per heavy atom. The van der Waals surface area contributed by atoms with E-state index in [4.69, 9.17) is 4.42 Å². The second kappa shape index (κ2) is 4.33. The zero-order valence-corrected chi connectivity index (χ0v) is 9.46. The average Bonchev–Trinajstić information content (AvgIpc) is 2.87. The fraction of sp³-hybridized carbons (Fsp3) is 0. The number of nitrogens with zero attached hydrogens (tertiary/aromatic N) is 1. The van der Waals surface area contributed by atoms with E-state index in [0.717, 1.165) is 16.7 Å². The van der Waals surface area contributed by atoms with Crippen molar-refractivity contribution in [2.75, 3.05) is 0 Å². The summed E-state index contributed by atoms with van der Waals surface area (Å²) in [6, 6.07) is 17.8. The van der Waals surface area contributed by atoms with Crippen LogP contribution in [0.1, 0.15) is 0 Å². The Morgan fingerprint density at radius 2 is 1.44 bits per heavy atom. The van der Waals surface area contributed by atoms with Crippen molar-refractivity contribution < 1.29 is 4.42 Å². The first kappa shape index (κ1) is 10.5. The summed E-state index contributed by atoms with van der Waals surface area (Å²) < 4.78 is 4.89. The van der Waals surface area contributed by atoms with Crippen LogP contribution < -0.4 is 5.76 Å². The average molecular weight is 238 g/mol. The van der Waals surface area contributed by atoms with Crippen LogP contribution in [0.4, 0.5) is 0 Å². The number of aromatic amines is 1. The fourth-order valence-electron chi connectivity index (χ4n) is 1.79. The van der Waals surface area contributed by atoms with E-state index in [1.807, 2.05) is 54.6 Å². The van der Waals surface area contributed by atoms with Crippen LogP contribution in [-0.4, -0.2) is 10.2 Å². The monoisotopic (exact) mass is 238 g/mol. The van der Waals surface area contributed by atoms with Crippen LogP contribution in [0, 0.1) is 0 Å². The van der Waals surface area contributed by atoms with Crippen molar-refractivity contribution >= 4 is 0 Å². The largest absolute Gasteiger partial charge is 0.434 e. The first-order valence-corrected chi connectivity index (χ1v) is 5.54. The molecule has 0 aliphatic heterocycles. The molecule has 0 spiro atoms. The molecule has 0 bridgehead atoms. The zero-order chi connectivity index (χ0) is 12.4. The maximum atomic E-state index is 10.9. The fourth-order valence-corrected chi connectivity index (χ4v) is 1.79. The lowest BCUT2D eigenvalue weighted by atomic mass is 10.0. The third-order valence-electron chi connectivity index (χ3n) is 2.68. The summed E-state index contributed by atoms with van der Waals surface area (Å²) >= 11 is 0. The summed E-state index contributed by atoms with van der Waals surface area (Å²) in [5, 5.41) is 6.03. The van der Waals surface area contributed by atoms with Gasteiger partial charge in [-0.05, 0) is 23.3 Å². The molecule has 88 valence electrons. The highest BCUT2D eigenvalue weighted by Gasteiger charge is 2.05. The number of benzene rings is 2. The summed E-state index contributed by atoms with van der Waals surface area (Å²) in [5.74, 6) is -0.239. The second-order valence-electron chi connectivity index (χ2n) is 3.86. The third-order valence-corrected chi connectivity index (χ3v) is 2.68. The first-order chi connectivity index (χ1) is 8.83. The zero-order valence-electron chi connectivity index (χ0n) is 9.46. The minimum Gasteiger partial charge on any atom is -0.388 e. The molecule has 18 heavy (non-hydrogen) atoms. The maximum Gasteiger partial charge on any atom is 0.434 e. The van der Waals surface area contributed by atoms with Crippen molar-refractivity contribution in [3.8, 4) is 22.6 Å². The van der Waals surface area contributed by atoms with Crippen molar-refractivity contribution in [2.24, 2.45) is 0 Å². The number of aromatic nitrogens is 2. The Labute approximate surface area is 103 Å². The Bertz CT molecular complexity index is 696. The van der Waals surface area contributed by atoms with E-state index in [0.29, 0.717) is 5.89 Å². The van der Waals surface area contributed by atoms with Gasteiger partial charge in [-0.2, -0.15) is 0 Å². The Hall–Kier alpha value is -2.62. The molecule has 3 rings (SSSR count). The van der Waals surface area contributed by atoms with Gasteiger partial charge in [0.25, 0.3) is 0 Å². The molecule has 1 heterocycles. The molecule has 0 aliphatic rings. The lowest BCUT2D eigenvalue weighted by molar-refractivity contribution is 0.527.